The van der Waals surface area contributed by atoms with E-state index in [-0.39, 0.29) is 11.4 Å². The summed E-state index contributed by atoms with van der Waals surface area (Å²) in [7, 11) is -1.66. The van der Waals surface area contributed by atoms with Crippen molar-refractivity contribution in [3.8, 4) is 0 Å². The van der Waals surface area contributed by atoms with E-state index in [4.69, 9.17) is 10.0 Å². The molecular weight excluding hydrogens is 255 g/mol. The van der Waals surface area contributed by atoms with Crippen LogP contribution in [0.4, 0.5) is 0 Å². The lowest BCUT2D eigenvalue weighted by Crippen LogP contribution is -2.22. The molecule has 0 aliphatic heterocycles. The molecule has 54 valence electrons. The van der Waals surface area contributed by atoms with Gasteiger partial charge < -0.3 is 14.7 Å². The molecule has 0 aromatic carbocycles. The zero-order valence-electron chi connectivity index (χ0n) is 4.63. The van der Waals surface area contributed by atoms with E-state index in [9.17, 15) is 0 Å². The van der Waals surface area contributed by atoms with E-state index in [1.165, 1.54) is 0 Å². The normalized spacial score (nSPS) is 13.3. The molecule has 1 atom stereocenters. The predicted octanol–water partition coefficient (Wildman–Crippen LogP) is 0.131. The third kappa shape index (κ3) is 6.79. The minimum absolute atomic E-state index is 0.124. The van der Waals surface area contributed by atoms with Crippen LogP contribution in [0.5, 0.6) is 0 Å². The Labute approximate surface area is 70.8 Å². The molecule has 0 bridgehead atoms. The van der Waals surface area contributed by atoms with Crippen molar-refractivity contribution in [3.63, 3.8) is 0 Å². The highest BCUT2D eigenvalue weighted by atomic mass is 79.9. The summed E-state index contributed by atoms with van der Waals surface area (Å²) in [6, 6.07) is 0. The average molecular weight is 262 g/mol. The maximum Gasteiger partial charge on any atom is 0.633 e. The Bertz CT molecular complexity index is 72.1. The summed E-state index contributed by atoms with van der Waals surface area (Å²) in [4.78, 5) is 0.124. The number of alkyl halides is 2. The molecule has 0 fully saturated rings. The minimum atomic E-state index is -1.66. The van der Waals surface area contributed by atoms with Crippen LogP contribution in [-0.4, -0.2) is 34.1 Å². The van der Waals surface area contributed by atoms with Gasteiger partial charge in [-0.3, -0.25) is 0 Å². The van der Waals surface area contributed by atoms with Crippen LogP contribution in [0.25, 0.3) is 0 Å². The van der Waals surface area contributed by atoms with Gasteiger partial charge in [-0.15, -0.1) is 0 Å². The molecule has 0 aliphatic carbocycles. The largest absolute Gasteiger partial charge is 0.633 e. The van der Waals surface area contributed by atoms with Crippen molar-refractivity contribution < 1.29 is 14.7 Å². The molecule has 6 heteroatoms. The zero-order valence-corrected chi connectivity index (χ0v) is 7.80. The van der Waals surface area contributed by atoms with Crippen molar-refractivity contribution in [3.05, 3.63) is 0 Å². The van der Waals surface area contributed by atoms with Gasteiger partial charge in [-0.05, 0) is 0 Å². The lowest BCUT2D eigenvalue weighted by molar-refractivity contribution is 0.190. The van der Waals surface area contributed by atoms with Crippen LogP contribution in [0.15, 0.2) is 0 Å². The molecule has 0 aromatic heterocycles. The molecule has 0 aliphatic rings. The lowest BCUT2D eigenvalue weighted by atomic mass is 10.2. The van der Waals surface area contributed by atoms with E-state index < -0.39 is 7.32 Å². The third-order valence-electron chi connectivity index (χ3n) is 0.594. The van der Waals surface area contributed by atoms with Gasteiger partial charge in [-0.25, -0.2) is 0 Å². The van der Waals surface area contributed by atoms with E-state index in [2.05, 4.69) is 36.5 Å². The van der Waals surface area contributed by atoms with E-state index in [0.29, 0.717) is 0 Å². The van der Waals surface area contributed by atoms with Crippen LogP contribution < -0.4 is 0 Å². The zero-order chi connectivity index (χ0) is 7.28. The monoisotopic (exact) mass is 260 g/mol. The molecule has 9 heavy (non-hydrogen) atoms. The average Bonchev–Trinajstić information content (AvgIpc) is 1.83. The van der Waals surface area contributed by atoms with E-state index in [1.807, 2.05) is 0 Å². The maximum absolute atomic E-state index is 8.19. The molecule has 0 saturated heterocycles. The fraction of sp³-hybridized carbons (Fsp3) is 1.00. The molecule has 1 unspecified atom stereocenters. The molecule has 2 N–H and O–H groups in total. The summed E-state index contributed by atoms with van der Waals surface area (Å²) < 4.78 is 4.43. The maximum atomic E-state index is 8.19. The number of rotatable bonds is 4. The van der Waals surface area contributed by atoms with Crippen LogP contribution in [-0.2, 0) is 4.65 Å². The number of hydrogen-bond acceptors (Lipinski definition) is 3. The van der Waals surface area contributed by atoms with Crippen LogP contribution in [0.2, 0.25) is 0 Å². The first-order valence-corrected chi connectivity index (χ1v) is 4.38. The lowest BCUT2D eigenvalue weighted by Gasteiger charge is -2.04. The van der Waals surface area contributed by atoms with Crippen molar-refractivity contribution >= 4 is 39.2 Å². The number of halogens is 2. The highest BCUT2D eigenvalue weighted by Crippen LogP contribution is 2.03. The SMILES string of the molecule is OB(O)OCC(Br)CBr. The highest BCUT2D eigenvalue weighted by Gasteiger charge is 2.10. The second kappa shape index (κ2) is 5.67. The smallest absolute Gasteiger partial charge is 0.402 e. The van der Waals surface area contributed by atoms with Crippen molar-refractivity contribution in [2.75, 3.05) is 11.9 Å². The molecular formula is C3H7BBr2O3. The summed E-state index contributed by atoms with van der Waals surface area (Å²) in [5.41, 5.74) is 0. The van der Waals surface area contributed by atoms with E-state index >= 15 is 0 Å². The van der Waals surface area contributed by atoms with Gasteiger partial charge in [0, 0.05) is 16.8 Å². The highest BCUT2D eigenvalue weighted by molar-refractivity contribution is 9.12. The van der Waals surface area contributed by atoms with Gasteiger partial charge in [-0.1, -0.05) is 31.9 Å². The summed E-state index contributed by atoms with van der Waals surface area (Å²) in [6.07, 6.45) is 0. The van der Waals surface area contributed by atoms with Gasteiger partial charge >= 0.3 is 7.32 Å². The van der Waals surface area contributed by atoms with Crippen LogP contribution in [0.3, 0.4) is 0 Å². The van der Waals surface area contributed by atoms with Crippen LogP contribution >= 0.6 is 31.9 Å². The number of hydrogen-bond donors (Lipinski definition) is 2. The Balaban J connectivity index is 3.06. The van der Waals surface area contributed by atoms with Crippen molar-refractivity contribution in [2.45, 2.75) is 4.83 Å². The molecule has 3 nitrogen and oxygen atoms in total. The fourth-order valence-electron chi connectivity index (χ4n) is 0.235. The van der Waals surface area contributed by atoms with Gasteiger partial charge in [0.15, 0.2) is 0 Å². The van der Waals surface area contributed by atoms with Gasteiger partial charge in [0.2, 0.25) is 0 Å². The van der Waals surface area contributed by atoms with Crippen molar-refractivity contribution in [1.29, 1.82) is 0 Å². The molecule has 0 rings (SSSR count). The second-order valence-electron chi connectivity index (χ2n) is 1.41. The Morgan fingerprint density at radius 3 is 2.44 bits per heavy atom. The standard InChI is InChI=1S/C3H7BBr2O3/c5-1-3(6)2-9-4(7)8/h3,7-8H,1-2H2. The Kier molecular flexibility index (Phi) is 6.24. The quantitative estimate of drug-likeness (QED) is 0.559. The van der Waals surface area contributed by atoms with Crippen molar-refractivity contribution in [1.82, 2.24) is 0 Å². The van der Waals surface area contributed by atoms with Crippen LogP contribution in [0, 0.1) is 0 Å². The van der Waals surface area contributed by atoms with Crippen LogP contribution in [0.1, 0.15) is 0 Å². The Morgan fingerprint density at radius 2 is 2.11 bits per heavy atom. The molecule has 0 heterocycles. The van der Waals surface area contributed by atoms with E-state index in [1.54, 1.807) is 0 Å². The first-order valence-electron chi connectivity index (χ1n) is 2.34. The van der Waals surface area contributed by atoms with Crippen molar-refractivity contribution in [2.24, 2.45) is 0 Å². The predicted molar refractivity (Wildman–Crippen MR) is 42.7 cm³/mol. The fourth-order valence-corrected chi connectivity index (χ4v) is 0.575. The van der Waals surface area contributed by atoms with Gasteiger partial charge in [-0.2, -0.15) is 0 Å². The first kappa shape index (κ1) is 9.90. The minimum Gasteiger partial charge on any atom is -0.402 e. The summed E-state index contributed by atoms with van der Waals surface area (Å²) in [6.45, 7) is 0.281. The van der Waals surface area contributed by atoms with E-state index in [0.717, 1.165) is 5.33 Å². The molecule has 0 radical (unpaired) electrons. The molecule has 0 aromatic rings. The van der Waals surface area contributed by atoms with Gasteiger partial charge in [0.25, 0.3) is 0 Å². The Hall–Kier alpha value is 0.905. The molecule has 0 spiro atoms. The third-order valence-corrected chi connectivity index (χ3v) is 2.83. The summed E-state index contributed by atoms with van der Waals surface area (Å²) in [5.74, 6) is 0. The molecule has 0 amide bonds. The first-order chi connectivity index (χ1) is 4.16. The van der Waals surface area contributed by atoms with Gasteiger partial charge in [0.1, 0.15) is 0 Å². The second-order valence-corrected chi connectivity index (χ2v) is 3.35. The Morgan fingerprint density at radius 1 is 1.56 bits per heavy atom. The topological polar surface area (TPSA) is 49.7 Å². The summed E-state index contributed by atoms with van der Waals surface area (Å²) in [5, 5.41) is 17.1. The molecule has 0 saturated carbocycles. The summed E-state index contributed by atoms with van der Waals surface area (Å²) >= 11 is 6.39. The van der Waals surface area contributed by atoms with Gasteiger partial charge in [0.05, 0.1) is 0 Å².